The van der Waals surface area contributed by atoms with Crippen LogP contribution in [0.4, 0.5) is 0 Å². The number of allylic oxidation sites excluding steroid dienone is 8. The average molecular weight is 423 g/mol. The molecule has 0 aromatic rings. The molecule has 0 aliphatic heterocycles. The van der Waals surface area contributed by atoms with Gasteiger partial charge in [-0.1, -0.05) is 52.4 Å². The molecule has 2 rings (SSSR count). The fourth-order valence-corrected chi connectivity index (χ4v) is 1.98. The van der Waals surface area contributed by atoms with Gasteiger partial charge in [0.05, 0.1) is 0 Å². The summed E-state index contributed by atoms with van der Waals surface area (Å²) in [5, 5.41) is 0. The Morgan fingerprint density at radius 1 is 0.895 bits per heavy atom. The third-order valence-electron chi connectivity index (χ3n) is 3.13. The predicted molar refractivity (Wildman–Crippen MR) is 82.3 cm³/mol. The van der Waals surface area contributed by atoms with Gasteiger partial charge in [0.1, 0.15) is 0 Å². The molecule has 0 radical (unpaired) electrons. The summed E-state index contributed by atoms with van der Waals surface area (Å²) in [6, 6.07) is 0. The van der Waals surface area contributed by atoms with Gasteiger partial charge in [0, 0.05) is 25.8 Å². The summed E-state index contributed by atoms with van der Waals surface area (Å²) < 4.78 is 0. The molecule has 0 saturated carbocycles. The predicted octanol–water partition coefficient (Wildman–Crippen LogP) is 5.95. The van der Waals surface area contributed by atoms with Crippen LogP contribution in [0.25, 0.3) is 0 Å². The van der Waals surface area contributed by atoms with Gasteiger partial charge >= 0.3 is 0 Å². The largest absolute Gasteiger partial charge is 1.00 e. The topological polar surface area (TPSA) is 0 Å². The second kappa shape index (κ2) is 12.8. The second-order valence-electron chi connectivity index (χ2n) is 4.82. The van der Waals surface area contributed by atoms with Crippen LogP contribution in [0.2, 0.25) is 0 Å². The minimum atomic E-state index is 0. The summed E-state index contributed by atoms with van der Waals surface area (Å²) in [4.78, 5) is 0. The summed E-state index contributed by atoms with van der Waals surface area (Å²) in [5.74, 6) is 0. The van der Waals surface area contributed by atoms with Gasteiger partial charge in [0.2, 0.25) is 0 Å². The van der Waals surface area contributed by atoms with Crippen LogP contribution in [-0.4, -0.2) is 0 Å². The zero-order chi connectivity index (χ0) is 13.1. The van der Waals surface area contributed by atoms with Crippen LogP contribution in [0.3, 0.4) is 0 Å². The van der Waals surface area contributed by atoms with Gasteiger partial charge < -0.3 is 2.85 Å². The molecule has 108 valence electrons. The van der Waals surface area contributed by atoms with Crippen molar-refractivity contribution in [2.24, 2.45) is 0 Å². The Morgan fingerprint density at radius 3 is 1.58 bits per heavy atom. The van der Waals surface area contributed by atoms with Gasteiger partial charge in [-0.05, 0) is 0 Å². The maximum atomic E-state index is 3.30. The Morgan fingerprint density at radius 2 is 1.32 bits per heavy atom. The second-order valence-corrected chi connectivity index (χ2v) is 4.82. The van der Waals surface area contributed by atoms with Crippen molar-refractivity contribution < 1.29 is 28.7 Å². The standard InChI is InChI=1S/2C9H13.Hf.2H/c2*1-2-3-6-9-7-4-5-8-9;;;/h2*4,7H,2-3,5-6H2,1H3;;;/q2*-1;;2*-1. The zero-order valence-corrected chi connectivity index (χ0v) is 16.1. The minimum Gasteiger partial charge on any atom is -1.00 e. The first-order valence-corrected chi connectivity index (χ1v) is 7.39. The molecular weight excluding hydrogens is 395 g/mol. The van der Waals surface area contributed by atoms with E-state index in [0.29, 0.717) is 0 Å². The van der Waals surface area contributed by atoms with E-state index in [0.717, 1.165) is 12.8 Å². The van der Waals surface area contributed by atoms with Gasteiger partial charge in [-0.15, -0.1) is 12.8 Å². The van der Waals surface area contributed by atoms with Crippen LogP contribution in [0.1, 0.15) is 68.1 Å². The van der Waals surface area contributed by atoms with Crippen molar-refractivity contribution in [2.75, 3.05) is 0 Å². The molecule has 0 N–H and O–H groups in total. The number of hydrogen-bond acceptors (Lipinski definition) is 0. The molecule has 0 amide bonds. The van der Waals surface area contributed by atoms with E-state index in [9.17, 15) is 0 Å². The summed E-state index contributed by atoms with van der Waals surface area (Å²) in [6.07, 6.45) is 25.1. The third-order valence-corrected chi connectivity index (χ3v) is 3.13. The monoisotopic (exact) mass is 424 g/mol. The molecule has 2 aliphatic carbocycles. The van der Waals surface area contributed by atoms with E-state index in [4.69, 9.17) is 0 Å². The molecule has 1 heteroatoms. The fourth-order valence-electron chi connectivity index (χ4n) is 1.98. The number of unbranched alkanes of at least 4 members (excludes halogenated alkanes) is 2. The molecular formula is C18H28Hf-4. The van der Waals surface area contributed by atoms with Gasteiger partial charge in [0.25, 0.3) is 0 Å². The molecule has 0 unspecified atom stereocenters. The van der Waals surface area contributed by atoms with Crippen LogP contribution >= 0.6 is 0 Å². The Bertz CT molecular complexity index is 307. The summed E-state index contributed by atoms with van der Waals surface area (Å²) in [6.45, 7) is 4.44. The summed E-state index contributed by atoms with van der Waals surface area (Å²) in [5.41, 5.74) is 2.83. The van der Waals surface area contributed by atoms with Crippen molar-refractivity contribution >= 4 is 0 Å². The van der Waals surface area contributed by atoms with Crippen LogP contribution < -0.4 is 0 Å². The Hall–Kier alpha value is -0.170. The average Bonchev–Trinajstić information content (AvgIpc) is 3.07. The van der Waals surface area contributed by atoms with E-state index in [1.54, 1.807) is 0 Å². The quantitative estimate of drug-likeness (QED) is 0.366. The Balaban J connectivity index is -0.000000270. The van der Waals surface area contributed by atoms with Crippen molar-refractivity contribution in [2.45, 2.75) is 65.2 Å². The first-order valence-electron chi connectivity index (χ1n) is 7.39. The van der Waals surface area contributed by atoms with Crippen molar-refractivity contribution in [1.29, 1.82) is 0 Å². The Labute approximate surface area is 141 Å². The van der Waals surface area contributed by atoms with E-state index in [1.807, 2.05) is 0 Å². The van der Waals surface area contributed by atoms with Gasteiger partial charge in [-0.2, -0.15) is 12.2 Å². The normalized spacial score (nSPS) is 15.5. The molecule has 2 aliphatic rings. The van der Waals surface area contributed by atoms with Crippen LogP contribution in [0.15, 0.2) is 35.5 Å². The molecule has 0 atom stereocenters. The first kappa shape index (κ1) is 18.8. The van der Waals surface area contributed by atoms with Crippen LogP contribution in [0.5, 0.6) is 0 Å². The molecule has 0 fully saturated rings. The molecule has 0 nitrogen and oxygen atoms in total. The molecule has 0 aromatic carbocycles. The molecule has 0 aromatic heterocycles. The van der Waals surface area contributed by atoms with Gasteiger partial charge in [0.15, 0.2) is 0 Å². The summed E-state index contributed by atoms with van der Waals surface area (Å²) >= 11 is 0. The smallest absolute Gasteiger partial charge is 0 e. The third kappa shape index (κ3) is 9.38. The van der Waals surface area contributed by atoms with Gasteiger partial charge in [-0.3, -0.25) is 12.2 Å². The zero-order valence-electron chi connectivity index (χ0n) is 14.5. The molecule has 0 spiro atoms. The minimum absolute atomic E-state index is 0. The van der Waals surface area contributed by atoms with Gasteiger partial charge in [-0.25, -0.2) is 23.3 Å². The molecule has 19 heavy (non-hydrogen) atoms. The van der Waals surface area contributed by atoms with E-state index in [1.165, 1.54) is 49.7 Å². The fraction of sp³-hybridized carbons (Fsp3) is 0.556. The molecule has 0 bridgehead atoms. The molecule has 0 saturated heterocycles. The van der Waals surface area contributed by atoms with Crippen LogP contribution in [-0.2, 0) is 25.8 Å². The van der Waals surface area contributed by atoms with E-state index >= 15 is 0 Å². The van der Waals surface area contributed by atoms with E-state index in [-0.39, 0.29) is 28.7 Å². The molecule has 0 heterocycles. The Kier molecular flexibility index (Phi) is 12.7. The first-order chi connectivity index (χ1) is 8.86. The maximum absolute atomic E-state index is 3.30. The van der Waals surface area contributed by atoms with Crippen molar-refractivity contribution in [3.8, 4) is 0 Å². The van der Waals surface area contributed by atoms with Crippen molar-refractivity contribution in [3.63, 3.8) is 0 Å². The number of rotatable bonds is 6. The van der Waals surface area contributed by atoms with E-state index in [2.05, 4.69) is 50.3 Å². The van der Waals surface area contributed by atoms with Crippen LogP contribution in [0, 0.1) is 12.2 Å². The van der Waals surface area contributed by atoms with Crippen molar-refractivity contribution in [3.05, 3.63) is 47.6 Å². The maximum Gasteiger partial charge on any atom is 0 e. The summed E-state index contributed by atoms with van der Waals surface area (Å²) in [7, 11) is 0. The van der Waals surface area contributed by atoms with Crippen molar-refractivity contribution in [1.82, 2.24) is 0 Å². The number of hydrogen-bond donors (Lipinski definition) is 0. The van der Waals surface area contributed by atoms with E-state index < -0.39 is 0 Å². The SMILES string of the molecule is CCCCC1=[C-]CC=C1.CCCCC1=[C-]CC=C1.[H-].[H-].[Hf].